The SMILES string of the molecule is O=C([O-])COc1ccccc1/C=N\O. The van der Waals surface area contributed by atoms with Crippen LogP contribution in [-0.4, -0.2) is 24.0 Å². The third kappa shape index (κ3) is 2.78. The second-order valence-corrected chi connectivity index (χ2v) is 2.44. The number of hydrogen-bond acceptors (Lipinski definition) is 5. The summed E-state index contributed by atoms with van der Waals surface area (Å²) in [6.45, 7) is -0.531. The van der Waals surface area contributed by atoms with Crippen LogP contribution in [0.2, 0.25) is 0 Å². The molecule has 0 bridgehead atoms. The lowest BCUT2D eigenvalue weighted by atomic mass is 10.2. The number of carboxylic acids is 1. The van der Waals surface area contributed by atoms with Gasteiger partial charge in [-0.05, 0) is 12.1 Å². The molecule has 0 aliphatic heterocycles. The predicted molar refractivity (Wildman–Crippen MR) is 46.3 cm³/mol. The number of hydrogen-bond donors (Lipinski definition) is 1. The van der Waals surface area contributed by atoms with Crippen molar-refractivity contribution in [2.24, 2.45) is 5.16 Å². The monoisotopic (exact) mass is 194 g/mol. The van der Waals surface area contributed by atoms with Crippen molar-refractivity contribution in [1.29, 1.82) is 0 Å². The molecule has 1 rings (SSSR count). The molecule has 0 aliphatic carbocycles. The van der Waals surface area contributed by atoms with Crippen molar-refractivity contribution in [3.05, 3.63) is 29.8 Å². The maximum atomic E-state index is 10.1. The third-order valence-electron chi connectivity index (χ3n) is 1.46. The molecule has 0 aromatic heterocycles. The summed E-state index contributed by atoms with van der Waals surface area (Å²) in [5, 5.41) is 21.3. The molecule has 5 nitrogen and oxygen atoms in total. The number of aliphatic carboxylic acids is 1. The second-order valence-electron chi connectivity index (χ2n) is 2.44. The highest BCUT2D eigenvalue weighted by Crippen LogP contribution is 2.15. The third-order valence-corrected chi connectivity index (χ3v) is 1.46. The Balaban J connectivity index is 2.79. The standard InChI is InChI=1S/C9H9NO4/c11-9(12)6-14-8-4-2-1-3-7(8)5-10-13/h1-5,13H,6H2,(H,11,12)/p-1/b10-5-. The van der Waals surface area contributed by atoms with Gasteiger partial charge in [0.1, 0.15) is 12.4 Å². The van der Waals surface area contributed by atoms with E-state index in [0.717, 1.165) is 6.21 Å². The highest BCUT2D eigenvalue weighted by atomic mass is 16.5. The van der Waals surface area contributed by atoms with E-state index in [1.807, 2.05) is 0 Å². The van der Waals surface area contributed by atoms with Crippen molar-refractivity contribution in [3.8, 4) is 5.75 Å². The van der Waals surface area contributed by atoms with Crippen molar-refractivity contribution in [3.63, 3.8) is 0 Å². The van der Waals surface area contributed by atoms with E-state index in [1.165, 1.54) is 0 Å². The lowest BCUT2D eigenvalue weighted by Gasteiger charge is -2.08. The van der Waals surface area contributed by atoms with Gasteiger partial charge < -0.3 is 19.8 Å². The quantitative estimate of drug-likeness (QED) is 0.402. The lowest BCUT2D eigenvalue weighted by molar-refractivity contribution is -0.307. The zero-order valence-electron chi connectivity index (χ0n) is 7.21. The van der Waals surface area contributed by atoms with Gasteiger partial charge in [-0.25, -0.2) is 0 Å². The number of carbonyl (C=O) groups excluding carboxylic acids is 1. The molecule has 0 radical (unpaired) electrons. The van der Waals surface area contributed by atoms with Crippen molar-refractivity contribution in [1.82, 2.24) is 0 Å². The molecule has 0 saturated carbocycles. The van der Waals surface area contributed by atoms with E-state index in [9.17, 15) is 9.90 Å². The molecule has 1 N–H and O–H groups in total. The Labute approximate surface area is 80.2 Å². The minimum Gasteiger partial charge on any atom is -0.546 e. The van der Waals surface area contributed by atoms with E-state index in [4.69, 9.17) is 9.94 Å². The van der Waals surface area contributed by atoms with Gasteiger partial charge in [-0.2, -0.15) is 0 Å². The normalized spacial score (nSPS) is 10.3. The maximum Gasteiger partial charge on any atom is 0.128 e. The molecule has 0 spiro atoms. The maximum absolute atomic E-state index is 10.1. The lowest BCUT2D eigenvalue weighted by Crippen LogP contribution is -2.29. The molecule has 1 aromatic carbocycles. The number of rotatable bonds is 4. The summed E-state index contributed by atoms with van der Waals surface area (Å²) in [5.74, 6) is -0.977. The van der Waals surface area contributed by atoms with Crippen LogP contribution in [0.5, 0.6) is 5.75 Å². The average Bonchev–Trinajstić information content (AvgIpc) is 2.17. The topological polar surface area (TPSA) is 82.0 Å². The minimum atomic E-state index is -1.30. The van der Waals surface area contributed by atoms with Crippen LogP contribution >= 0.6 is 0 Å². The van der Waals surface area contributed by atoms with Crippen LogP contribution in [0.3, 0.4) is 0 Å². The summed E-state index contributed by atoms with van der Waals surface area (Å²) in [6.07, 6.45) is 1.16. The molecule has 74 valence electrons. The van der Waals surface area contributed by atoms with Gasteiger partial charge in [-0.3, -0.25) is 0 Å². The Hall–Kier alpha value is -2.04. The van der Waals surface area contributed by atoms with Crippen LogP contribution in [0.1, 0.15) is 5.56 Å². The first-order chi connectivity index (χ1) is 6.74. The summed E-state index contributed by atoms with van der Waals surface area (Å²) >= 11 is 0. The van der Waals surface area contributed by atoms with E-state index in [2.05, 4.69) is 5.16 Å². The van der Waals surface area contributed by atoms with Gasteiger partial charge in [0.25, 0.3) is 0 Å². The Kier molecular flexibility index (Phi) is 3.49. The smallest absolute Gasteiger partial charge is 0.128 e. The van der Waals surface area contributed by atoms with Gasteiger partial charge in [-0.15, -0.1) is 0 Å². The van der Waals surface area contributed by atoms with Crippen LogP contribution in [0.15, 0.2) is 29.4 Å². The Bertz CT molecular complexity index is 348. The van der Waals surface area contributed by atoms with E-state index < -0.39 is 12.6 Å². The summed E-state index contributed by atoms with van der Waals surface area (Å²) in [7, 11) is 0. The van der Waals surface area contributed by atoms with E-state index in [-0.39, 0.29) is 0 Å². The second kappa shape index (κ2) is 4.86. The van der Waals surface area contributed by atoms with Crippen LogP contribution in [0.4, 0.5) is 0 Å². The summed E-state index contributed by atoms with van der Waals surface area (Å²) in [4.78, 5) is 10.1. The number of carboxylic acid groups (broad SMARTS) is 1. The molecule has 0 fully saturated rings. The highest BCUT2D eigenvalue weighted by Gasteiger charge is 1.99. The summed E-state index contributed by atoms with van der Waals surface area (Å²) in [6, 6.07) is 6.59. The highest BCUT2D eigenvalue weighted by molar-refractivity contribution is 5.83. The number of ether oxygens (including phenoxy) is 1. The molecular weight excluding hydrogens is 186 g/mol. The Morgan fingerprint density at radius 2 is 2.29 bits per heavy atom. The van der Waals surface area contributed by atoms with Crippen LogP contribution < -0.4 is 9.84 Å². The molecule has 0 atom stereocenters. The molecule has 0 aliphatic rings. The molecular formula is C9H8NO4-. The average molecular weight is 194 g/mol. The van der Waals surface area contributed by atoms with E-state index >= 15 is 0 Å². The number of para-hydroxylation sites is 1. The molecule has 5 heteroatoms. The first-order valence-electron chi connectivity index (χ1n) is 3.83. The largest absolute Gasteiger partial charge is 0.546 e. The first-order valence-corrected chi connectivity index (χ1v) is 3.83. The molecule has 0 amide bonds. The van der Waals surface area contributed by atoms with Crippen molar-refractivity contribution >= 4 is 12.2 Å². The Morgan fingerprint density at radius 3 is 2.93 bits per heavy atom. The molecule has 1 aromatic rings. The van der Waals surface area contributed by atoms with Gasteiger partial charge in [-0.1, -0.05) is 17.3 Å². The van der Waals surface area contributed by atoms with Crippen molar-refractivity contribution in [2.75, 3.05) is 6.61 Å². The summed E-state index contributed by atoms with van der Waals surface area (Å²) in [5.41, 5.74) is 0.497. The number of oxime groups is 1. The number of nitrogens with zero attached hydrogens (tertiary/aromatic N) is 1. The molecule has 0 unspecified atom stereocenters. The van der Waals surface area contributed by atoms with Crippen LogP contribution in [0, 0.1) is 0 Å². The molecule has 0 heterocycles. The summed E-state index contributed by atoms with van der Waals surface area (Å²) < 4.78 is 4.89. The predicted octanol–water partition coefficient (Wildman–Crippen LogP) is -0.377. The van der Waals surface area contributed by atoms with Gasteiger partial charge in [0, 0.05) is 5.56 Å². The van der Waals surface area contributed by atoms with Crippen LogP contribution in [-0.2, 0) is 4.79 Å². The van der Waals surface area contributed by atoms with Crippen molar-refractivity contribution < 1.29 is 19.8 Å². The zero-order chi connectivity index (χ0) is 10.4. The van der Waals surface area contributed by atoms with Gasteiger partial charge >= 0.3 is 0 Å². The fraction of sp³-hybridized carbons (Fsp3) is 0.111. The first kappa shape index (κ1) is 10.0. The van der Waals surface area contributed by atoms with Gasteiger partial charge in [0.05, 0.1) is 12.2 Å². The van der Waals surface area contributed by atoms with Gasteiger partial charge in [0.2, 0.25) is 0 Å². The van der Waals surface area contributed by atoms with Crippen LogP contribution in [0.25, 0.3) is 0 Å². The molecule has 14 heavy (non-hydrogen) atoms. The Morgan fingerprint density at radius 1 is 1.57 bits per heavy atom. The fourth-order valence-corrected chi connectivity index (χ4v) is 0.918. The van der Waals surface area contributed by atoms with Crippen molar-refractivity contribution in [2.45, 2.75) is 0 Å². The molecule has 0 saturated heterocycles. The zero-order valence-corrected chi connectivity index (χ0v) is 7.21. The fourth-order valence-electron chi connectivity index (χ4n) is 0.918. The van der Waals surface area contributed by atoms with Gasteiger partial charge in [0.15, 0.2) is 0 Å². The number of benzene rings is 1. The number of carbonyl (C=O) groups is 1. The van der Waals surface area contributed by atoms with E-state index in [1.54, 1.807) is 24.3 Å². The minimum absolute atomic E-state index is 0.328. The van der Waals surface area contributed by atoms with E-state index in [0.29, 0.717) is 11.3 Å².